The second kappa shape index (κ2) is 8.47. The smallest absolute Gasteiger partial charge is 0.413 e. The average molecular weight is 388 g/mol. The van der Waals surface area contributed by atoms with E-state index in [0.717, 1.165) is 4.90 Å². The molecule has 0 spiro atoms. The van der Waals surface area contributed by atoms with Crippen LogP contribution in [0.15, 0.2) is 42.2 Å². The van der Waals surface area contributed by atoms with Crippen molar-refractivity contribution >= 4 is 17.8 Å². The molecule has 0 aromatic heterocycles. The van der Waals surface area contributed by atoms with Crippen LogP contribution < -0.4 is 14.8 Å². The van der Waals surface area contributed by atoms with Crippen LogP contribution in [0.2, 0.25) is 0 Å². The van der Waals surface area contributed by atoms with E-state index in [1.807, 2.05) is 0 Å². The maximum Gasteiger partial charge on any atom is 0.413 e. The number of Topliss-reactive ketones (excluding diaryl/α,β-unsaturated/α-hetero) is 1. The Morgan fingerprint density at radius 2 is 2.00 bits per heavy atom. The van der Waals surface area contributed by atoms with Crippen LogP contribution in [0.3, 0.4) is 0 Å². The molecular formula is C19H20N2O7. The number of nitrogens with one attached hydrogen (secondary N) is 1. The molecule has 2 aliphatic rings. The SMILES string of the molecule is CC(C(=O)c1ccc2c(c1)OCO2)N(C)C(=O)OCOC(=O)C1=CNC=CC1. The van der Waals surface area contributed by atoms with Gasteiger partial charge in [0.25, 0.3) is 0 Å². The third kappa shape index (κ3) is 4.25. The van der Waals surface area contributed by atoms with Crippen LogP contribution in [-0.4, -0.2) is 49.4 Å². The normalized spacial score (nSPS) is 15.1. The first-order chi connectivity index (χ1) is 13.5. The van der Waals surface area contributed by atoms with Crippen LogP contribution in [0.5, 0.6) is 11.5 Å². The third-order valence-corrected chi connectivity index (χ3v) is 4.35. The highest BCUT2D eigenvalue weighted by atomic mass is 16.7. The monoisotopic (exact) mass is 388 g/mol. The van der Waals surface area contributed by atoms with Crippen molar-refractivity contribution in [2.75, 3.05) is 20.6 Å². The fourth-order valence-electron chi connectivity index (χ4n) is 2.56. The number of hydrogen-bond donors (Lipinski definition) is 1. The van der Waals surface area contributed by atoms with Crippen molar-refractivity contribution in [3.05, 3.63) is 47.8 Å². The minimum Gasteiger partial charge on any atom is -0.454 e. The fraction of sp³-hybridized carbons (Fsp3) is 0.316. The summed E-state index contributed by atoms with van der Waals surface area (Å²) in [6.45, 7) is 1.13. The topological polar surface area (TPSA) is 103 Å². The summed E-state index contributed by atoms with van der Waals surface area (Å²) < 4.78 is 20.3. The zero-order valence-corrected chi connectivity index (χ0v) is 15.5. The Kier molecular flexibility index (Phi) is 5.83. The van der Waals surface area contributed by atoms with E-state index in [9.17, 15) is 14.4 Å². The largest absolute Gasteiger partial charge is 0.454 e. The molecule has 0 saturated heterocycles. The first-order valence-electron chi connectivity index (χ1n) is 8.58. The number of hydrogen-bond acceptors (Lipinski definition) is 8. The molecule has 2 heterocycles. The molecule has 1 amide bonds. The van der Waals surface area contributed by atoms with Gasteiger partial charge >= 0.3 is 12.1 Å². The Morgan fingerprint density at radius 3 is 2.75 bits per heavy atom. The van der Waals surface area contributed by atoms with Crippen molar-refractivity contribution in [2.45, 2.75) is 19.4 Å². The molecule has 3 rings (SSSR count). The van der Waals surface area contributed by atoms with Gasteiger partial charge in [-0.3, -0.25) is 4.79 Å². The number of dihydropyridines is 1. The van der Waals surface area contributed by atoms with E-state index in [2.05, 4.69) is 5.32 Å². The lowest BCUT2D eigenvalue weighted by Crippen LogP contribution is -2.41. The number of carbonyl (C=O) groups is 3. The van der Waals surface area contributed by atoms with Crippen LogP contribution in [0.1, 0.15) is 23.7 Å². The van der Waals surface area contributed by atoms with Gasteiger partial charge in [0.05, 0.1) is 11.6 Å². The molecule has 9 nitrogen and oxygen atoms in total. The highest BCUT2D eigenvalue weighted by Crippen LogP contribution is 2.33. The molecular weight excluding hydrogens is 368 g/mol. The lowest BCUT2D eigenvalue weighted by molar-refractivity contribution is -0.147. The summed E-state index contributed by atoms with van der Waals surface area (Å²) >= 11 is 0. The molecule has 1 aromatic rings. The Labute approximate surface area is 161 Å². The summed E-state index contributed by atoms with van der Waals surface area (Å²) in [7, 11) is 1.43. The molecule has 28 heavy (non-hydrogen) atoms. The molecule has 0 radical (unpaired) electrons. The number of ether oxygens (including phenoxy) is 4. The van der Waals surface area contributed by atoms with Crippen molar-refractivity contribution in [1.82, 2.24) is 10.2 Å². The van der Waals surface area contributed by atoms with Crippen LogP contribution in [0.4, 0.5) is 4.79 Å². The summed E-state index contributed by atoms with van der Waals surface area (Å²) in [6.07, 6.45) is 4.62. The number of rotatable bonds is 6. The van der Waals surface area contributed by atoms with E-state index in [4.69, 9.17) is 18.9 Å². The Balaban J connectivity index is 1.50. The van der Waals surface area contributed by atoms with E-state index < -0.39 is 24.9 Å². The Morgan fingerprint density at radius 1 is 1.21 bits per heavy atom. The zero-order valence-electron chi connectivity index (χ0n) is 15.5. The van der Waals surface area contributed by atoms with Crippen LogP contribution in [0.25, 0.3) is 0 Å². The molecule has 1 unspecified atom stereocenters. The average Bonchev–Trinajstić information content (AvgIpc) is 3.20. The van der Waals surface area contributed by atoms with Gasteiger partial charge in [-0.15, -0.1) is 0 Å². The lowest BCUT2D eigenvalue weighted by atomic mass is 10.0. The first kappa shape index (κ1) is 19.3. The van der Waals surface area contributed by atoms with Crippen molar-refractivity contribution in [2.24, 2.45) is 0 Å². The minimum atomic E-state index is -0.793. The zero-order chi connectivity index (χ0) is 20.1. The van der Waals surface area contributed by atoms with Gasteiger partial charge in [0.1, 0.15) is 0 Å². The van der Waals surface area contributed by atoms with Gasteiger partial charge < -0.3 is 29.2 Å². The van der Waals surface area contributed by atoms with Gasteiger partial charge in [-0.1, -0.05) is 6.08 Å². The van der Waals surface area contributed by atoms with Crippen LogP contribution in [0, 0.1) is 0 Å². The Bertz CT molecular complexity index is 847. The number of likely N-dealkylation sites (N-methyl/N-ethyl adjacent to an activating group) is 1. The number of fused-ring (bicyclic) bond motifs is 1. The molecule has 0 fully saturated rings. The van der Waals surface area contributed by atoms with Gasteiger partial charge in [0.15, 0.2) is 17.3 Å². The molecule has 1 atom stereocenters. The predicted molar refractivity (Wildman–Crippen MR) is 96.5 cm³/mol. The van der Waals surface area contributed by atoms with Gasteiger partial charge in [-0.25, -0.2) is 9.59 Å². The molecule has 1 aromatic carbocycles. The van der Waals surface area contributed by atoms with Crippen molar-refractivity contribution in [3.8, 4) is 11.5 Å². The molecule has 0 aliphatic carbocycles. The van der Waals surface area contributed by atoms with Crippen molar-refractivity contribution in [3.63, 3.8) is 0 Å². The summed E-state index contributed by atoms with van der Waals surface area (Å²) in [5.74, 6) is 0.172. The van der Waals surface area contributed by atoms with E-state index in [1.54, 1.807) is 37.4 Å². The number of benzene rings is 1. The molecule has 2 aliphatic heterocycles. The lowest BCUT2D eigenvalue weighted by Gasteiger charge is -2.23. The van der Waals surface area contributed by atoms with E-state index in [1.165, 1.54) is 13.2 Å². The standard InChI is InChI=1S/C19H20N2O7/c1-12(17(22)13-5-6-15-16(8-13)26-10-25-15)21(2)19(24)28-11-27-18(23)14-4-3-7-20-9-14/h3,5-9,12,20H,4,10-11H2,1-2H3. The second-order valence-corrected chi connectivity index (χ2v) is 6.12. The first-order valence-corrected chi connectivity index (χ1v) is 8.58. The highest BCUT2D eigenvalue weighted by molar-refractivity contribution is 6.01. The molecule has 1 N–H and O–H groups in total. The number of amides is 1. The quantitative estimate of drug-likeness (QED) is 0.448. The van der Waals surface area contributed by atoms with Crippen molar-refractivity contribution in [1.29, 1.82) is 0 Å². The summed E-state index contributed by atoms with van der Waals surface area (Å²) in [5.41, 5.74) is 0.797. The predicted octanol–water partition coefficient (Wildman–Crippen LogP) is 1.95. The van der Waals surface area contributed by atoms with Crippen molar-refractivity contribution < 1.29 is 33.3 Å². The van der Waals surface area contributed by atoms with Gasteiger partial charge in [0.2, 0.25) is 13.6 Å². The Hall–Kier alpha value is -3.49. The van der Waals surface area contributed by atoms with Gasteiger partial charge in [-0.2, -0.15) is 0 Å². The third-order valence-electron chi connectivity index (χ3n) is 4.35. The summed E-state index contributed by atoms with van der Waals surface area (Å²) in [6, 6.07) is 4.03. The summed E-state index contributed by atoms with van der Waals surface area (Å²) in [4.78, 5) is 37.7. The van der Waals surface area contributed by atoms with Crippen LogP contribution >= 0.6 is 0 Å². The second-order valence-electron chi connectivity index (χ2n) is 6.12. The molecule has 9 heteroatoms. The van der Waals surface area contributed by atoms with Gasteiger partial charge in [-0.05, 0) is 31.3 Å². The van der Waals surface area contributed by atoms with E-state index in [0.29, 0.717) is 29.1 Å². The number of allylic oxidation sites excluding steroid dienone is 1. The van der Waals surface area contributed by atoms with Gasteiger partial charge in [0, 0.05) is 25.2 Å². The minimum absolute atomic E-state index is 0.108. The highest BCUT2D eigenvalue weighted by Gasteiger charge is 2.26. The fourth-order valence-corrected chi connectivity index (χ4v) is 2.56. The van der Waals surface area contributed by atoms with Crippen LogP contribution in [-0.2, 0) is 14.3 Å². The molecule has 0 saturated carbocycles. The number of esters is 1. The molecule has 148 valence electrons. The maximum absolute atomic E-state index is 12.6. The van der Waals surface area contributed by atoms with E-state index in [-0.39, 0.29) is 12.6 Å². The maximum atomic E-state index is 12.6. The number of nitrogens with zero attached hydrogens (tertiary/aromatic N) is 1. The summed E-state index contributed by atoms with van der Waals surface area (Å²) in [5, 5.41) is 2.78. The van der Waals surface area contributed by atoms with E-state index >= 15 is 0 Å². The number of carbonyl (C=O) groups excluding carboxylic acids is 3. The molecule has 0 bridgehead atoms. The number of ketones is 1.